The van der Waals surface area contributed by atoms with Crippen LogP contribution >= 0.6 is 15.6 Å². The minimum Gasteiger partial charge on any atom is -0.346 e. The van der Waals surface area contributed by atoms with Crippen LogP contribution < -0.4 is 0 Å². The van der Waals surface area contributed by atoms with E-state index in [-0.39, 0.29) is 11.1 Å². The second-order valence-electron chi connectivity index (χ2n) is 9.08. The lowest BCUT2D eigenvalue weighted by atomic mass is 10.2. The number of fused-ring (bicyclic) bond motifs is 1. The van der Waals surface area contributed by atoms with Crippen molar-refractivity contribution in [1.29, 1.82) is 0 Å². The normalized spacial score (nSPS) is 15.9. The average molecular weight is 652 g/mol. The first kappa shape index (κ1) is 33.6. The van der Waals surface area contributed by atoms with E-state index in [0.717, 1.165) is 28.8 Å². The van der Waals surface area contributed by atoms with E-state index in [2.05, 4.69) is 37.0 Å². The van der Waals surface area contributed by atoms with Crippen LogP contribution in [0.4, 0.5) is 0 Å². The molecule has 19 nitrogen and oxygen atoms in total. The Morgan fingerprint density at radius 1 is 1.00 bits per heavy atom. The van der Waals surface area contributed by atoms with Gasteiger partial charge in [0, 0.05) is 69.3 Å². The van der Waals surface area contributed by atoms with Gasteiger partial charge in [0.1, 0.15) is 12.0 Å². The van der Waals surface area contributed by atoms with Crippen molar-refractivity contribution in [1.82, 2.24) is 43.7 Å². The molecule has 0 saturated carbocycles. The van der Waals surface area contributed by atoms with E-state index in [9.17, 15) is 8.42 Å². The summed E-state index contributed by atoms with van der Waals surface area (Å²) < 4.78 is 48.3. The van der Waals surface area contributed by atoms with Gasteiger partial charge in [0.25, 0.3) is 10.0 Å². The minimum absolute atomic E-state index is 0.104. The Morgan fingerprint density at radius 3 is 2.19 bits per heavy atom. The van der Waals surface area contributed by atoms with Gasteiger partial charge in [-0.1, -0.05) is 0 Å². The highest BCUT2D eigenvalue weighted by Crippen LogP contribution is 2.27. The monoisotopic (exact) mass is 651 g/mol. The molecule has 5 heterocycles. The van der Waals surface area contributed by atoms with Crippen molar-refractivity contribution in [3.63, 3.8) is 0 Å². The third-order valence-corrected chi connectivity index (χ3v) is 7.62. The van der Waals surface area contributed by atoms with E-state index in [1.54, 1.807) is 19.6 Å². The molecule has 232 valence electrons. The van der Waals surface area contributed by atoms with Crippen LogP contribution in [0.3, 0.4) is 0 Å². The van der Waals surface area contributed by atoms with Crippen LogP contribution in [0.5, 0.6) is 0 Å². The van der Waals surface area contributed by atoms with Crippen LogP contribution in [0.25, 0.3) is 22.3 Å². The summed E-state index contributed by atoms with van der Waals surface area (Å²) in [6, 6.07) is 3.63. The van der Waals surface area contributed by atoms with Gasteiger partial charge < -0.3 is 34.3 Å². The van der Waals surface area contributed by atoms with E-state index in [4.69, 9.17) is 38.5 Å². The molecule has 1 atom stereocenters. The number of phosphoric acid groups is 2. The van der Waals surface area contributed by atoms with Crippen LogP contribution in [0.15, 0.2) is 48.3 Å². The molecule has 4 aromatic rings. The molecule has 0 aromatic carbocycles. The van der Waals surface area contributed by atoms with Gasteiger partial charge in [-0.25, -0.2) is 27.5 Å². The number of hydrogen-bond donors (Lipinski definition) is 7. The number of piperazine rings is 1. The minimum atomic E-state index is -4.64. The molecule has 0 bridgehead atoms. The highest BCUT2D eigenvalue weighted by Gasteiger charge is 2.30. The molecule has 1 aliphatic heterocycles. The number of hydrogen-bond acceptors (Lipinski definition) is 9. The lowest BCUT2D eigenvalue weighted by Gasteiger charge is -2.34. The van der Waals surface area contributed by atoms with Gasteiger partial charge in [-0.2, -0.15) is 14.5 Å². The van der Waals surface area contributed by atoms with E-state index in [1.807, 2.05) is 29.3 Å². The van der Waals surface area contributed by atoms with Gasteiger partial charge in [0.05, 0.1) is 17.9 Å². The summed E-state index contributed by atoms with van der Waals surface area (Å²) in [5.74, 6) is 0. The van der Waals surface area contributed by atoms with Gasteiger partial charge in [-0.3, -0.25) is 14.3 Å². The van der Waals surface area contributed by atoms with Crippen molar-refractivity contribution in [3.8, 4) is 11.3 Å². The highest BCUT2D eigenvalue weighted by molar-refractivity contribution is 7.89. The zero-order valence-electron chi connectivity index (χ0n) is 22.4. The summed E-state index contributed by atoms with van der Waals surface area (Å²) >= 11 is 0. The van der Waals surface area contributed by atoms with Crippen LogP contribution in [0, 0.1) is 0 Å². The molecule has 1 saturated heterocycles. The summed E-state index contributed by atoms with van der Waals surface area (Å²) in [7, 11) is -11.1. The highest BCUT2D eigenvalue weighted by atomic mass is 32.2. The zero-order chi connectivity index (χ0) is 31.3. The number of rotatable bonds is 6. The molecule has 1 unspecified atom stereocenters. The Hall–Kier alpha value is -2.87. The van der Waals surface area contributed by atoms with Crippen LogP contribution in [-0.2, 0) is 26.2 Å². The number of H-pyrrole nitrogens is 1. The van der Waals surface area contributed by atoms with E-state index >= 15 is 0 Å². The molecule has 42 heavy (non-hydrogen) atoms. The van der Waals surface area contributed by atoms with Crippen molar-refractivity contribution in [3.05, 3.63) is 43.2 Å². The number of sulfonamides is 1. The Kier molecular flexibility index (Phi) is 10.9. The molecular formula is C20H31N9O10P2S. The SMILES string of the molecule is CC(CN1CCN(S(=O)(=O)c2ccn(C)n2)CC1)n1cc(-c2ncnc3[nH]ccc23)cn1.O=P(O)(O)O.O=P(O)(O)O. The summed E-state index contributed by atoms with van der Waals surface area (Å²) in [4.78, 5) is 57.2. The van der Waals surface area contributed by atoms with Gasteiger partial charge in [0.2, 0.25) is 0 Å². The van der Waals surface area contributed by atoms with E-state index in [1.165, 1.54) is 15.1 Å². The van der Waals surface area contributed by atoms with Crippen molar-refractivity contribution < 1.29 is 46.9 Å². The van der Waals surface area contributed by atoms with Gasteiger partial charge in [-0.05, 0) is 19.1 Å². The van der Waals surface area contributed by atoms with Crippen molar-refractivity contribution >= 4 is 36.7 Å². The quantitative estimate of drug-likeness (QED) is 0.127. The molecule has 7 N–H and O–H groups in total. The maximum Gasteiger partial charge on any atom is 0.466 e. The zero-order valence-corrected chi connectivity index (χ0v) is 25.0. The van der Waals surface area contributed by atoms with Crippen LogP contribution in [-0.4, -0.2) is 114 Å². The van der Waals surface area contributed by atoms with Crippen molar-refractivity contribution in [2.45, 2.75) is 18.0 Å². The maximum absolute atomic E-state index is 12.8. The first-order valence-corrected chi connectivity index (χ1v) is 16.6. The smallest absolute Gasteiger partial charge is 0.346 e. The Balaban J connectivity index is 0.000000420. The molecule has 1 fully saturated rings. The summed E-state index contributed by atoms with van der Waals surface area (Å²) in [5, 5.41) is 9.67. The topological polar surface area (TPSA) is 273 Å². The molecule has 0 spiro atoms. The van der Waals surface area contributed by atoms with E-state index in [0.29, 0.717) is 26.2 Å². The third kappa shape index (κ3) is 10.1. The molecule has 5 rings (SSSR count). The molecule has 4 aromatic heterocycles. The fourth-order valence-electron chi connectivity index (χ4n) is 4.08. The van der Waals surface area contributed by atoms with Crippen molar-refractivity contribution in [2.24, 2.45) is 7.05 Å². The fourth-order valence-corrected chi connectivity index (χ4v) is 5.45. The standard InChI is InChI=1S/C20H25N9O2S.2H3O4P/c1-15(29-13-16(11-24-29)19-17-3-5-21-20(17)23-14-22-19)12-27-7-9-28(10-8-27)32(30,31)18-4-6-26(2)25-18;2*1-5(2,3)4/h3-6,11,13-15H,7-10,12H2,1-2H3,(H,21,22,23);2*(H3,1,2,3,4). The molecule has 22 heteroatoms. The first-order valence-electron chi connectivity index (χ1n) is 12.0. The molecule has 0 radical (unpaired) electrons. The summed E-state index contributed by atoms with van der Waals surface area (Å²) in [6.45, 7) is 5.12. The van der Waals surface area contributed by atoms with E-state index < -0.39 is 25.7 Å². The number of aryl methyl sites for hydroxylation is 1. The Morgan fingerprint density at radius 2 is 1.62 bits per heavy atom. The van der Waals surface area contributed by atoms with Crippen LogP contribution in [0.1, 0.15) is 13.0 Å². The number of nitrogens with one attached hydrogen (secondary N) is 1. The maximum atomic E-state index is 12.8. The molecule has 1 aliphatic rings. The third-order valence-electron chi connectivity index (χ3n) is 5.83. The summed E-state index contributed by atoms with van der Waals surface area (Å²) in [5.41, 5.74) is 2.59. The number of nitrogens with zero attached hydrogens (tertiary/aromatic N) is 8. The average Bonchev–Trinajstić information content (AvgIpc) is 3.63. The Bertz CT molecular complexity index is 1640. The largest absolute Gasteiger partial charge is 0.466 e. The fraction of sp³-hybridized carbons (Fsp3) is 0.400. The lowest BCUT2D eigenvalue weighted by molar-refractivity contribution is 0.166. The van der Waals surface area contributed by atoms with Crippen molar-refractivity contribution in [2.75, 3.05) is 32.7 Å². The number of aromatic amines is 1. The van der Waals surface area contributed by atoms with Gasteiger partial charge in [-0.15, -0.1) is 0 Å². The van der Waals surface area contributed by atoms with Crippen LogP contribution in [0.2, 0.25) is 0 Å². The molecular weight excluding hydrogens is 620 g/mol. The number of aromatic nitrogens is 7. The lowest BCUT2D eigenvalue weighted by Crippen LogP contribution is -2.49. The second kappa shape index (κ2) is 13.6. The summed E-state index contributed by atoms with van der Waals surface area (Å²) in [6.07, 6.45) is 8.87. The van der Waals surface area contributed by atoms with Gasteiger partial charge >= 0.3 is 15.6 Å². The predicted octanol–water partition coefficient (Wildman–Crippen LogP) is -0.735. The second-order valence-corrected chi connectivity index (χ2v) is 13.0. The molecule has 0 amide bonds. The van der Waals surface area contributed by atoms with Gasteiger partial charge in [0.15, 0.2) is 5.03 Å². The predicted molar refractivity (Wildman–Crippen MR) is 147 cm³/mol. The Labute approximate surface area is 239 Å². The molecule has 0 aliphatic carbocycles. The first-order chi connectivity index (χ1) is 19.4.